The molecule has 4 heteroatoms. The van der Waals surface area contributed by atoms with E-state index in [1.165, 1.54) is 6.42 Å². The fourth-order valence-electron chi connectivity index (χ4n) is 2.60. The summed E-state index contributed by atoms with van der Waals surface area (Å²) in [6.07, 6.45) is 3.36. The number of thioether (sulfide) groups is 1. The van der Waals surface area contributed by atoms with Gasteiger partial charge in [-0.05, 0) is 43.6 Å². The Hall–Kier alpha value is -1.16. The molecule has 0 spiro atoms. The molecular formula is C15H22N2OS. The summed E-state index contributed by atoms with van der Waals surface area (Å²) >= 11 is 2.00. The third kappa shape index (κ3) is 3.44. The van der Waals surface area contributed by atoms with E-state index in [-0.39, 0.29) is 5.91 Å². The van der Waals surface area contributed by atoms with Crippen LogP contribution < -0.4 is 11.1 Å². The maximum absolute atomic E-state index is 12.2. The summed E-state index contributed by atoms with van der Waals surface area (Å²) in [6.45, 7) is 4.11. The lowest BCUT2D eigenvalue weighted by molar-refractivity contribution is 0.0939. The summed E-state index contributed by atoms with van der Waals surface area (Å²) in [7, 11) is 0. The highest BCUT2D eigenvalue weighted by Crippen LogP contribution is 2.30. The maximum Gasteiger partial charge on any atom is 0.253 e. The molecule has 1 aliphatic carbocycles. The van der Waals surface area contributed by atoms with Gasteiger partial charge < -0.3 is 11.1 Å². The molecule has 1 fully saturated rings. The minimum atomic E-state index is -0.0339. The lowest BCUT2D eigenvalue weighted by Crippen LogP contribution is -2.33. The van der Waals surface area contributed by atoms with Gasteiger partial charge in [0.2, 0.25) is 0 Å². The summed E-state index contributed by atoms with van der Waals surface area (Å²) in [6, 6.07) is 5.90. The summed E-state index contributed by atoms with van der Waals surface area (Å²) in [4.78, 5) is 12.2. The summed E-state index contributed by atoms with van der Waals surface area (Å²) in [5.74, 6) is 1.12. The minimum absolute atomic E-state index is 0.0339. The quantitative estimate of drug-likeness (QED) is 0.833. The first kappa shape index (κ1) is 14.3. The molecule has 0 saturated heterocycles. The Morgan fingerprint density at radius 2 is 2.26 bits per heavy atom. The standard InChI is InChI=1S/C15H22N2OS/c1-3-19-12-8-7-11(9-12)17-15(18)13-6-4-5-10(2)14(13)16/h4-6,11-12H,3,7-9,16H2,1-2H3,(H,17,18). The second kappa shape index (κ2) is 6.33. The summed E-state index contributed by atoms with van der Waals surface area (Å²) < 4.78 is 0. The molecule has 0 aliphatic heterocycles. The number of aryl methyl sites for hydroxylation is 1. The van der Waals surface area contributed by atoms with Crippen LogP contribution in [0.5, 0.6) is 0 Å². The molecule has 0 bridgehead atoms. The normalized spacial score (nSPS) is 22.4. The minimum Gasteiger partial charge on any atom is -0.398 e. The lowest BCUT2D eigenvalue weighted by Gasteiger charge is -2.14. The fourth-order valence-corrected chi connectivity index (χ4v) is 3.74. The first-order valence-corrected chi connectivity index (χ1v) is 7.94. The van der Waals surface area contributed by atoms with E-state index in [2.05, 4.69) is 12.2 Å². The number of nitrogens with one attached hydrogen (secondary N) is 1. The van der Waals surface area contributed by atoms with Crippen molar-refractivity contribution in [2.24, 2.45) is 0 Å². The van der Waals surface area contributed by atoms with Gasteiger partial charge in [0.1, 0.15) is 0 Å². The van der Waals surface area contributed by atoms with Crippen LogP contribution in [-0.2, 0) is 0 Å². The van der Waals surface area contributed by atoms with Gasteiger partial charge >= 0.3 is 0 Å². The van der Waals surface area contributed by atoms with Crippen LogP contribution in [0, 0.1) is 6.92 Å². The van der Waals surface area contributed by atoms with Crippen LogP contribution in [0.3, 0.4) is 0 Å². The van der Waals surface area contributed by atoms with Crippen LogP contribution in [0.25, 0.3) is 0 Å². The fraction of sp³-hybridized carbons (Fsp3) is 0.533. The van der Waals surface area contributed by atoms with E-state index in [0.717, 1.165) is 24.2 Å². The molecule has 0 radical (unpaired) electrons. The summed E-state index contributed by atoms with van der Waals surface area (Å²) in [5, 5.41) is 3.82. The van der Waals surface area contributed by atoms with Crippen molar-refractivity contribution in [3.63, 3.8) is 0 Å². The Labute approximate surface area is 119 Å². The van der Waals surface area contributed by atoms with E-state index in [4.69, 9.17) is 5.73 Å². The molecule has 2 unspecified atom stereocenters. The average Bonchev–Trinajstić information content (AvgIpc) is 2.80. The highest BCUT2D eigenvalue weighted by Gasteiger charge is 2.26. The number of nitrogen functional groups attached to an aromatic ring is 1. The van der Waals surface area contributed by atoms with Crippen molar-refractivity contribution < 1.29 is 4.79 Å². The van der Waals surface area contributed by atoms with Crippen molar-refractivity contribution in [2.45, 2.75) is 44.4 Å². The molecular weight excluding hydrogens is 256 g/mol. The number of rotatable bonds is 4. The number of carbonyl (C=O) groups excluding carboxylic acids is 1. The molecule has 2 atom stereocenters. The van der Waals surface area contributed by atoms with E-state index >= 15 is 0 Å². The Balaban J connectivity index is 1.97. The number of para-hydroxylation sites is 1. The number of hydrogen-bond donors (Lipinski definition) is 2. The Morgan fingerprint density at radius 1 is 1.47 bits per heavy atom. The molecule has 3 N–H and O–H groups in total. The first-order valence-electron chi connectivity index (χ1n) is 6.89. The maximum atomic E-state index is 12.2. The largest absolute Gasteiger partial charge is 0.398 e. The molecule has 19 heavy (non-hydrogen) atoms. The van der Waals surface area contributed by atoms with E-state index in [1.54, 1.807) is 6.07 Å². The number of hydrogen-bond acceptors (Lipinski definition) is 3. The number of anilines is 1. The van der Waals surface area contributed by atoms with Crippen molar-refractivity contribution in [2.75, 3.05) is 11.5 Å². The molecule has 104 valence electrons. The van der Waals surface area contributed by atoms with Crippen molar-refractivity contribution in [3.05, 3.63) is 29.3 Å². The van der Waals surface area contributed by atoms with Gasteiger partial charge in [-0.3, -0.25) is 4.79 Å². The number of benzene rings is 1. The van der Waals surface area contributed by atoms with Crippen molar-refractivity contribution in [3.8, 4) is 0 Å². The monoisotopic (exact) mass is 278 g/mol. The van der Waals surface area contributed by atoms with Crippen LogP contribution in [0.2, 0.25) is 0 Å². The molecule has 1 saturated carbocycles. The average molecular weight is 278 g/mol. The molecule has 1 aliphatic rings. The molecule has 1 aromatic rings. The molecule has 2 rings (SSSR count). The zero-order valence-electron chi connectivity index (χ0n) is 11.6. The predicted octanol–water partition coefficient (Wildman–Crippen LogP) is 2.98. The van der Waals surface area contributed by atoms with E-state index in [1.807, 2.05) is 30.8 Å². The van der Waals surface area contributed by atoms with Gasteiger partial charge in [0.05, 0.1) is 5.56 Å². The van der Waals surface area contributed by atoms with Gasteiger partial charge in [0, 0.05) is 17.0 Å². The number of carbonyl (C=O) groups is 1. The van der Waals surface area contributed by atoms with E-state index in [0.29, 0.717) is 22.5 Å². The predicted molar refractivity (Wildman–Crippen MR) is 82.6 cm³/mol. The molecule has 1 aromatic carbocycles. The molecule has 0 heterocycles. The zero-order valence-corrected chi connectivity index (χ0v) is 12.4. The third-order valence-electron chi connectivity index (χ3n) is 3.69. The Bertz CT molecular complexity index is 461. The third-order valence-corrected chi connectivity index (χ3v) is 4.92. The van der Waals surface area contributed by atoms with Crippen molar-refractivity contribution >= 4 is 23.4 Å². The van der Waals surface area contributed by atoms with Gasteiger partial charge in [0.15, 0.2) is 0 Å². The SMILES string of the molecule is CCSC1CCC(NC(=O)c2cccc(C)c2N)C1. The summed E-state index contributed by atoms with van der Waals surface area (Å²) in [5.41, 5.74) is 8.12. The number of nitrogens with two attached hydrogens (primary N) is 1. The topological polar surface area (TPSA) is 55.1 Å². The lowest BCUT2D eigenvalue weighted by atomic mass is 10.1. The van der Waals surface area contributed by atoms with E-state index in [9.17, 15) is 4.79 Å². The number of amides is 1. The van der Waals surface area contributed by atoms with Gasteiger partial charge in [-0.15, -0.1) is 0 Å². The van der Waals surface area contributed by atoms with Crippen LogP contribution >= 0.6 is 11.8 Å². The van der Waals surface area contributed by atoms with E-state index < -0.39 is 0 Å². The van der Waals surface area contributed by atoms with Crippen molar-refractivity contribution in [1.82, 2.24) is 5.32 Å². The van der Waals surface area contributed by atoms with Crippen LogP contribution in [0.4, 0.5) is 5.69 Å². The van der Waals surface area contributed by atoms with Gasteiger partial charge in [-0.25, -0.2) is 0 Å². The molecule has 1 amide bonds. The van der Waals surface area contributed by atoms with Crippen LogP contribution in [0.1, 0.15) is 42.1 Å². The zero-order chi connectivity index (χ0) is 13.8. The smallest absolute Gasteiger partial charge is 0.253 e. The highest BCUT2D eigenvalue weighted by atomic mass is 32.2. The first-order chi connectivity index (χ1) is 9.11. The second-order valence-corrected chi connectivity index (χ2v) is 6.67. The van der Waals surface area contributed by atoms with Crippen LogP contribution in [0.15, 0.2) is 18.2 Å². The van der Waals surface area contributed by atoms with Gasteiger partial charge in [-0.2, -0.15) is 11.8 Å². The Morgan fingerprint density at radius 3 is 3.00 bits per heavy atom. The van der Waals surface area contributed by atoms with Gasteiger partial charge in [-0.1, -0.05) is 19.1 Å². The molecule has 3 nitrogen and oxygen atoms in total. The van der Waals surface area contributed by atoms with Crippen LogP contribution in [-0.4, -0.2) is 23.0 Å². The molecule has 0 aromatic heterocycles. The van der Waals surface area contributed by atoms with Crippen molar-refractivity contribution in [1.29, 1.82) is 0 Å². The Kier molecular flexibility index (Phi) is 4.75. The highest BCUT2D eigenvalue weighted by molar-refractivity contribution is 7.99. The second-order valence-electron chi connectivity index (χ2n) is 5.10. The van der Waals surface area contributed by atoms with Gasteiger partial charge in [0.25, 0.3) is 5.91 Å².